The Labute approximate surface area is 120 Å². The summed E-state index contributed by atoms with van der Waals surface area (Å²) in [6, 6.07) is 0.254. The summed E-state index contributed by atoms with van der Waals surface area (Å²) in [5.74, 6) is 0.0816. The average molecular weight is 282 g/mol. The van der Waals surface area contributed by atoms with E-state index in [-0.39, 0.29) is 6.04 Å². The Morgan fingerprint density at radius 2 is 1.95 bits per heavy atom. The van der Waals surface area contributed by atoms with E-state index in [1.54, 1.807) is 0 Å². The normalized spacial score (nSPS) is 33.8. The van der Waals surface area contributed by atoms with E-state index in [1.807, 2.05) is 0 Å². The molecule has 3 aliphatic rings. The van der Waals surface area contributed by atoms with E-state index in [9.17, 15) is 9.90 Å². The Bertz CT molecular complexity index is 336. The fourth-order valence-electron chi connectivity index (χ4n) is 4.02. The zero-order valence-electron chi connectivity index (χ0n) is 12.2. The molecule has 0 amide bonds. The second kappa shape index (κ2) is 6.41. The number of aliphatic carboxylic acids is 1. The zero-order valence-corrected chi connectivity index (χ0v) is 12.2. The van der Waals surface area contributed by atoms with Crippen LogP contribution in [0.15, 0.2) is 0 Å². The molecule has 2 atom stereocenters. The van der Waals surface area contributed by atoms with E-state index in [1.165, 1.54) is 6.42 Å². The highest BCUT2D eigenvalue weighted by Gasteiger charge is 2.36. The lowest BCUT2D eigenvalue weighted by molar-refractivity contribution is -0.143. The highest BCUT2D eigenvalue weighted by atomic mass is 16.5. The van der Waals surface area contributed by atoms with E-state index in [2.05, 4.69) is 9.80 Å². The smallest absolute Gasteiger partial charge is 0.320 e. The summed E-state index contributed by atoms with van der Waals surface area (Å²) < 4.78 is 5.44. The van der Waals surface area contributed by atoms with Crippen LogP contribution in [0.5, 0.6) is 0 Å². The molecule has 0 saturated carbocycles. The van der Waals surface area contributed by atoms with Gasteiger partial charge < -0.3 is 14.7 Å². The van der Waals surface area contributed by atoms with Gasteiger partial charge in [0.2, 0.25) is 0 Å². The van der Waals surface area contributed by atoms with Crippen LogP contribution in [-0.4, -0.2) is 72.4 Å². The Kier molecular flexibility index (Phi) is 4.58. The molecule has 0 aromatic rings. The van der Waals surface area contributed by atoms with Crippen molar-refractivity contribution >= 4 is 5.97 Å². The van der Waals surface area contributed by atoms with Gasteiger partial charge in [0, 0.05) is 19.2 Å². The molecule has 5 heteroatoms. The van der Waals surface area contributed by atoms with Crippen LogP contribution in [0.25, 0.3) is 0 Å². The van der Waals surface area contributed by atoms with Crippen LogP contribution in [0.2, 0.25) is 0 Å². The number of likely N-dealkylation sites (tertiary alicyclic amines) is 2. The van der Waals surface area contributed by atoms with Crippen molar-refractivity contribution in [1.29, 1.82) is 0 Å². The number of rotatable bonds is 4. The fraction of sp³-hybridized carbons (Fsp3) is 0.933. The average Bonchev–Trinajstić information content (AvgIpc) is 3.10. The van der Waals surface area contributed by atoms with Gasteiger partial charge in [-0.15, -0.1) is 0 Å². The van der Waals surface area contributed by atoms with E-state index in [0.29, 0.717) is 12.0 Å². The van der Waals surface area contributed by atoms with Gasteiger partial charge >= 0.3 is 5.97 Å². The number of nitrogens with zero attached hydrogens (tertiary/aromatic N) is 2. The van der Waals surface area contributed by atoms with Crippen molar-refractivity contribution in [2.45, 2.75) is 44.2 Å². The third-order valence-electron chi connectivity index (χ3n) is 5.15. The molecule has 3 rings (SSSR count). The van der Waals surface area contributed by atoms with Crippen molar-refractivity contribution in [3.63, 3.8) is 0 Å². The molecule has 0 aromatic heterocycles. The molecule has 5 nitrogen and oxygen atoms in total. The van der Waals surface area contributed by atoms with Gasteiger partial charge in [0.25, 0.3) is 0 Å². The van der Waals surface area contributed by atoms with Crippen LogP contribution in [0.1, 0.15) is 32.1 Å². The first-order chi connectivity index (χ1) is 9.74. The van der Waals surface area contributed by atoms with E-state index in [0.717, 1.165) is 65.1 Å². The molecule has 3 fully saturated rings. The minimum atomic E-state index is -0.631. The first kappa shape index (κ1) is 14.3. The Balaban J connectivity index is 1.46. The molecule has 1 N–H and O–H groups in total. The lowest BCUT2D eigenvalue weighted by Gasteiger charge is -2.39. The molecule has 114 valence electrons. The van der Waals surface area contributed by atoms with E-state index in [4.69, 9.17) is 4.74 Å². The highest BCUT2D eigenvalue weighted by Crippen LogP contribution is 2.27. The molecule has 0 aromatic carbocycles. The van der Waals surface area contributed by atoms with Crippen molar-refractivity contribution in [2.24, 2.45) is 5.92 Å². The first-order valence-electron chi connectivity index (χ1n) is 8.02. The molecule has 0 aliphatic carbocycles. The van der Waals surface area contributed by atoms with Crippen molar-refractivity contribution in [2.75, 3.05) is 39.4 Å². The van der Waals surface area contributed by atoms with E-state index < -0.39 is 5.97 Å². The Morgan fingerprint density at radius 3 is 2.60 bits per heavy atom. The third-order valence-corrected chi connectivity index (χ3v) is 5.15. The number of carboxylic acid groups (broad SMARTS) is 1. The summed E-state index contributed by atoms with van der Waals surface area (Å²) in [7, 11) is 0. The van der Waals surface area contributed by atoms with E-state index >= 15 is 0 Å². The molecule has 0 spiro atoms. The second-order valence-corrected chi connectivity index (χ2v) is 6.50. The zero-order chi connectivity index (χ0) is 13.9. The van der Waals surface area contributed by atoms with Crippen LogP contribution in [0.3, 0.4) is 0 Å². The number of hydrogen-bond donors (Lipinski definition) is 1. The lowest BCUT2D eigenvalue weighted by atomic mass is 10.00. The largest absolute Gasteiger partial charge is 0.480 e. The van der Waals surface area contributed by atoms with Crippen LogP contribution in [0.4, 0.5) is 0 Å². The summed E-state index contributed by atoms with van der Waals surface area (Å²) in [6.45, 7) is 6.21. The predicted molar refractivity (Wildman–Crippen MR) is 75.8 cm³/mol. The topological polar surface area (TPSA) is 53.0 Å². The van der Waals surface area contributed by atoms with Gasteiger partial charge in [-0.05, 0) is 57.7 Å². The standard InChI is InChI=1S/C15H26N2O3/c18-15(19)14-2-1-6-17(14)13-3-7-16(8-4-13)10-12-5-9-20-11-12/h12-14H,1-11H2,(H,18,19). The maximum Gasteiger partial charge on any atom is 0.320 e. The molecule has 3 aliphatic heterocycles. The molecule has 2 unspecified atom stereocenters. The van der Waals surface area contributed by atoms with Crippen LogP contribution >= 0.6 is 0 Å². The SMILES string of the molecule is O=C(O)C1CCCN1C1CCN(CC2CCOC2)CC1. The van der Waals surface area contributed by atoms with Gasteiger partial charge in [-0.25, -0.2) is 0 Å². The third kappa shape index (κ3) is 3.15. The number of carbonyl (C=O) groups is 1. The molecule has 3 heterocycles. The Morgan fingerprint density at radius 1 is 1.15 bits per heavy atom. The molecular weight excluding hydrogens is 256 g/mol. The number of ether oxygens (including phenoxy) is 1. The highest BCUT2D eigenvalue weighted by molar-refractivity contribution is 5.73. The van der Waals surface area contributed by atoms with Gasteiger partial charge in [0.05, 0.1) is 6.61 Å². The van der Waals surface area contributed by atoms with Gasteiger partial charge in [-0.2, -0.15) is 0 Å². The molecule has 0 radical (unpaired) electrons. The van der Waals surface area contributed by atoms with Gasteiger partial charge in [-0.1, -0.05) is 0 Å². The molecular formula is C15H26N2O3. The molecule has 3 saturated heterocycles. The minimum Gasteiger partial charge on any atom is -0.480 e. The number of carboxylic acids is 1. The van der Waals surface area contributed by atoms with Gasteiger partial charge in [-0.3, -0.25) is 9.69 Å². The number of hydrogen-bond acceptors (Lipinski definition) is 4. The first-order valence-corrected chi connectivity index (χ1v) is 8.02. The van der Waals surface area contributed by atoms with Crippen LogP contribution < -0.4 is 0 Å². The summed E-state index contributed by atoms with van der Waals surface area (Å²) in [4.78, 5) is 16.1. The fourth-order valence-corrected chi connectivity index (χ4v) is 4.02. The summed E-state index contributed by atoms with van der Waals surface area (Å²) in [5, 5.41) is 9.29. The van der Waals surface area contributed by atoms with Gasteiger partial charge in [0.15, 0.2) is 0 Å². The maximum absolute atomic E-state index is 11.3. The quantitative estimate of drug-likeness (QED) is 0.835. The molecule has 20 heavy (non-hydrogen) atoms. The lowest BCUT2D eigenvalue weighted by Crippen LogP contribution is -2.49. The molecule has 0 bridgehead atoms. The monoisotopic (exact) mass is 282 g/mol. The second-order valence-electron chi connectivity index (χ2n) is 6.50. The summed E-state index contributed by atoms with van der Waals surface area (Å²) in [5.41, 5.74) is 0. The van der Waals surface area contributed by atoms with Gasteiger partial charge in [0.1, 0.15) is 6.04 Å². The summed E-state index contributed by atoms with van der Waals surface area (Å²) >= 11 is 0. The maximum atomic E-state index is 11.3. The number of piperidine rings is 1. The Hall–Kier alpha value is -0.650. The van der Waals surface area contributed by atoms with Crippen molar-refractivity contribution in [1.82, 2.24) is 9.80 Å². The van der Waals surface area contributed by atoms with Crippen LogP contribution in [-0.2, 0) is 9.53 Å². The minimum absolute atomic E-state index is 0.227. The summed E-state index contributed by atoms with van der Waals surface area (Å²) in [6.07, 6.45) is 5.31. The van der Waals surface area contributed by atoms with Crippen molar-refractivity contribution < 1.29 is 14.6 Å². The van der Waals surface area contributed by atoms with Crippen molar-refractivity contribution in [3.05, 3.63) is 0 Å². The van der Waals surface area contributed by atoms with Crippen molar-refractivity contribution in [3.8, 4) is 0 Å². The van der Waals surface area contributed by atoms with Crippen LogP contribution in [0, 0.1) is 5.92 Å². The predicted octanol–water partition coefficient (Wildman–Crippen LogP) is 1.04.